The quantitative estimate of drug-likeness (QED) is 0.555. The molecule has 108 valence electrons. The number of fused-ring (bicyclic) bond motifs is 1. The molecule has 21 heavy (non-hydrogen) atoms. The predicted molar refractivity (Wildman–Crippen MR) is 83.1 cm³/mol. The summed E-state index contributed by atoms with van der Waals surface area (Å²) in [6, 6.07) is 7.73. The molecule has 0 fully saturated rings. The van der Waals surface area contributed by atoms with Gasteiger partial charge >= 0.3 is 0 Å². The Hall–Kier alpha value is -2.83. The maximum Gasteiger partial charge on any atom is 0.223 e. The van der Waals surface area contributed by atoms with Gasteiger partial charge in [-0.1, -0.05) is 12.1 Å². The molecule has 3 rings (SSSR count). The molecule has 1 aromatic heterocycles. The van der Waals surface area contributed by atoms with Crippen LogP contribution in [0.25, 0.3) is 11.3 Å². The number of rotatable bonds is 2. The van der Waals surface area contributed by atoms with E-state index >= 15 is 0 Å². The Morgan fingerprint density at radius 3 is 2.62 bits per heavy atom. The molecular weight excluding hydrogens is 266 g/mol. The summed E-state index contributed by atoms with van der Waals surface area (Å²) in [5.74, 6) is 1.08. The molecule has 0 amide bonds. The molecule has 2 heterocycles. The zero-order valence-electron chi connectivity index (χ0n) is 11.5. The number of aryl methyl sites for hydroxylation is 1. The summed E-state index contributed by atoms with van der Waals surface area (Å²) in [6.07, 6.45) is 4.13. The SMILES string of the molecule is NC(N)=NC(N)=Nc1ccc(-c2cnc3n2CCC3)cc1. The molecule has 7 nitrogen and oxygen atoms in total. The standard InChI is InChI=1S/C14H17N7/c15-13(16)20-14(17)19-10-5-3-9(4-6-10)11-8-18-12-2-1-7-21(11)12/h3-6,8H,1-2,7H2,(H6,15,16,17,19,20). The molecule has 0 saturated carbocycles. The lowest BCUT2D eigenvalue weighted by atomic mass is 10.1. The van der Waals surface area contributed by atoms with Gasteiger partial charge in [0.1, 0.15) is 5.82 Å². The normalized spacial score (nSPS) is 14.0. The van der Waals surface area contributed by atoms with Gasteiger partial charge in [0.25, 0.3) is 0 Å². The summed E-state index contributed by atoms with van der Waals surface area (Å²) in [6.45, 7) is 1.03. The molecule has 2 aromatic rings. The number of nitrogens with zero attached hydrogens (tertiary/aromatic N) is 4. The van der Waals surface area contributed by atoms with Gasteiger partial charge in [-0.2, -0.15) is 4.99 Å². The molecule has 0 atom stereocenters. The lowest BCUT2D eigenvalue weighted by molar-refractivity contribution is 0.756. The van der Waals surface area contributed by atoms with Crippen molar-refractivity contribution in [3.63, 3.8) is 0 Å². The fraction of sp³-hybridized carbons (Fsp3) is 0.214. The lowest BCUT2D eigenvalue weighted by Gasteiger charge is -2.05. The van der Waals surface area contributed by atoms with Gasteiger partial charge in [0, 0.05) is 13.0 Å². The summed E-state index contributed by atoms with van der Waals surface area (Å²) in [7, 11) is 0. The Kier molecular flexibility index (Phi) is 3.31. The van der Waals surface area contributed by atoms with Gasteiger partial charge in [-0.15, -0.1) is 0 Å². The zero-order chi connectivity index (χ0) is 14.8. The van der Waals surface area contributed by atoms with E-state index < -0.39 is 0 Å². The van der Waals surface area contributed by atoms with E-state index in [9.17, 15) is 0 Å². The highest BCUT2D eigenvalue weighted by atomic mass is 15.1. The van der Waals surface area contributed by atoms with Gasteiger partial charge in [0.05, 0.1) is 17.6 Å². The van der Waals surface area contributed by atoms with Crippen LogP contribution in [0.3, 0.4) is 0 Å². The fourth-order valence-corrected chi connectivity index (χ4v) is 2.49. The van der Waals surface area contributed by atoms with E-state index in [0.717, 1.165) is 36.5 Å². The van der Waals surface area contributed by atoms with Crippen molar-refractivity contribution in [1.29, 1.82) is 0 Å². The first-order chi connectivity index (χ1) is 10.1. The molecule has 0 aliphatic carbocycles. The predicted octanol–water partition coefficient (Wildman–Crippen LogP) is 0.716. The van der Waals surface area contributed by atoms with Crippen molar-refractivity contribution >= 4 is 17.6 Å². The van der Waals surface area contributed by atoms with Crippen LogP contribution in [-0.4, -0.2) is 21.5 Å². The van der Waals surface area contributed by atoms with E-state index in [0.29, 0.717) is 5.69 Å². The van der Waals surface area contributed by atoms with Crippen molar-refractivity contribution in [3.05, 3.63) is 36.3 Å². The van der Waals surface area contributed by atoms with Crippen LogP contribution in [0.5, 0.6) is 0 Å². The van der Waals surface area contributed by atoms with Crippen LogP contribution in [0.15, 0.2) is 40.4 Å². The summed E-state index contributed by atoms with van der Waals surface area (Å²) >= 11 is 0. The van der Waals surface area contributed by atoms with Gasteiger partial charge in [-0.3, -0.25) is 0 Å². The number of hydrogen-bond donors (Lipinski definition) is 3. The Morgan fingerprint density at radius 1 is 1.14 bits per heavy atom. The molecule has 0 radical (unpaired) electrons. The Bertz CT molecular complexity index is 705. The molecule has 7 heteroatoms. The van der Waals surface area contributed by atoms with Crippen LogP contribution in [0.2, 0.25) is 0 Å². The molecular formula is C14H17N7. The molecule has 0 spiro atoms. The van der Waals surface area contributed by atoms with E-state index in [2.05, 4.69) is 19.5 Å². The van der Waals surface area contributed by atoms with Crippen LogP contribution in [0.4, 0.5) is 5.69 Å². The van der Waals surface area contributed by atoms with E-state index in [4.69, 9.17) is 17.2 Å². The molecule has 0 saturated heterocycles. The van der Waals surface area contributed by atoms with Crippen molar-refractivity contribution in [2.24, 2.45) is 27.2 Å². The van der Waals surface area contributed by atoms with Gasteiger partial charge in [-0.05, 0) is 24.1 Å². The highest BCUT2D eigenvalue weighted by Crippen LogP contribution is 2.27. The number of nitrogens with two attached hydrogens (primary N) is 3. The van der Waals surface area contributed by atoms with E-state index in [-0.39, 0.29) is 11.9 Å². The van der Waals surface area contributed by atoms with Gasteiger partial charge in [0.2, 0.25) is 5.96 Å². The maximum atomic E-state index is 5.60. The number of imidazole rings is 1. The Morgan fingerprint density at radius 2 is 1.90 bits per heavy atom. The largest absolute Gasteiger partial charge is 0.370 e. The third kappa shape index (κ3) is 2.71. The first-order valence-corrected chi connectivity index (χ1v) is 6.72. The van der Waals surface area contributed by atoms with Crippen molar-refractivity contribution in [2.45, 2.75) is 19.4 Å². The molecule has 0 unspecified atom stereocenters. The minimum absolute atomic E-state index is 0.0352. The second-order valence-electron chi connectivity index (χ2n) is 4.87. The zero-order valence-corrected chi connectivity index (χ0v) is 11.5. The highest BCUT2D eigenvalue weighted by Gasteiger charge is 2.16. The summed E-state index contributed by atoms with van der Waals surface area (Å²) in [4.78, 5) is 12.2. The van der Waals surface area contributed by atoms with Crippen LogP contribution in [0, 0.1) is 0 Å². The average molecular weight is 283 g/mol. The topological polar surface area (TPSA) is 121 Å². The Balaban J connectivity index is 1.86. The number of benzene rings is 1. The molecule has 1 aliphatic heterocycles. The molecule has 6 N–H and O–H groups in total. The van der Waals surface area contributed by atoms with E-state index in [1.54, 1.807) is 0 Å². The molecule has 1 aromatic carbocycles. The summed E-state index contributed by atoms with van der Waals surface area (Å²) in [5.41, 5.74) is 19.0. The van der Waals surface area contributed by atoms with Gasteiger partial charge < -0.3 is 21.8 Å². The lowest BCUT2D eigenvalue weighted by Crippen LogP contribution is -2.26. The third-order valence-electron chi connectivity index (χ3n) is 3.37. The fourth-order valence-electron chi connectivity index (χ4n) is 2.49. The minimum atomic E-state index is -0.109. The van der Waals surface area contributed by atoms with E-state index in [1.807, 2.05) is 30.5 Å². The molecule has 1 aliphatic rings. The van der Waals surface area contributed by atoms with E-state index in [1.165, 1.54) is 0 Å². The van der Waals surface area contributed by atoms with Gasteiger partial charge in [0.15, 0.2) is 5.96 Å². The van der Waals surface area contributed by atoms with Crippen LogP contribution in [-0.2, 0) is 13.0 Å². The number of guanidine groups is 2. The van der Waals surface area contributed by atoms with Crippen LogP contribution in [0.1, 0.15) is 12.2 Å². The smallest absolute Gasteiger partial charge is 0.223 e. The number of aliphatic imine (C=N–C) groups is 2. The second-order valence-corrected chi connectivity index (χ2v) is 4.87. The summed E-state index contributed by atoms with van der Waals surface area (Å²) in [5, 5.41) is 0. The number of aromatic nitrogens is 2. The Labute approximate surface area is 122 Å². The maximum absolute atomic E-state index is 5.60. The monoisotopic (exact) mass is 283 g/mol. The van der Waals surface area contributed by atoms with Crippen molar-refractivity contribution in [1.82, 2.24) is 9.55 Å². The van der Waals surface area contributed by atoms with Crippen LogP contribution < -0.4 is 17.2 Å². The van der Waals surface area contributed by atoms with Crippen molar-refractivity contribution in [3.8, 4) is 11.3 Å². The second kappa shape index (κ2) is 5.28. The third-order valence-corrected chi connectivity index (χ3v) is 3.37. The minimum Gasteiger partial charge on any atom is -0.370 e. The van der Waals surface area contributed by atoms with Crippen molar-refractivity contribution in [2.75, 3.05) is 0 Å². The van der Waals surface area contributed by atoms with Gasteiger partial charge in [-0.25, -0.2) is 9.98 Å². The van der Waals surface area contributed by atoms with Crippen LogP contribution >= 0.6 is 0 Å². The average Bonchev–Trinajstić information content (AvgIpc) is 3.01. The highest BCUT2D eigenvalue weighted by molar-refractivity contribution is 5.93. The number of hydrogen-bond acceptors (Lipinski definition) is 2. The van der Waals surface area contributed by atoms with Crippen molar-refractivity contribution < 1.29 is 0 Å². The first kappa shape index (κ1) is 13.2. The first-order valence-electron chi connectivity index (χ1n) is 6.72. The molecule has 0 bridgehead atoms. The summed E-state index contributed by atoms with van der Waals surface area (Å²) < 4.78 is 2.26.